The first-order valence-corrected chi connectivity index (χ1v) is 7.02. The molecule has 3 N–H and O–H groups in total. The van der Waals surface area contributed by atoms with Gasteiger partial charge in [-0.1, -0.05) is 32.9 Å². The summed E-state index contributed by atoms with van der Waals surface area (Å²) in [6, 6.07) is 6.77. The van der Waals surface area contributed by atoms with Crippen LogP contribution < -0.4 is 10.6 Å². The van der Waals surface area contributed by atoms with Crippen LogP contribution in [0.3, 0.4) is 0 Å². The molecule has 0 aliphatic heterocycles. The third kappa shape index (κ3) is 5.10. The Morgan fingerprint density at radius 2 is 1.62 bits per heavy atom. The molecule has 0 fully saturated rings. The van der Waals surface area contributed by atoms with Crippen molar-refractivity contribution in [2.75, 3.05) is 5.32 Å². The number of carbonyl (C=O) groups is 2. The molecular weight excluding hydrogens is 268 g/mol. The van der Waals surface area contributed by atoms with E-state index in [-0.39, 0.29) is 5.41 Å². The SMILES string of the molecule is CC(NC(=O)Nc1ccc(C(C)(C)C)cc1)C(C)C(=O)O. The fraction of sp³-hybridized carbons (Fsp3) is 0.500. The van der Waals surface area contributed by atoms with Crippen molar-refractivity contribution >= 4 is 17.7 Å². The highest BCUT2D eigenvalue weighted by molar-refractivity contribution is 5.89. The van der Waals surface area contributed by atoms with E-state index < -0.39 is 24.0 Å². The van der Waals surface area contributed by atoms with Crippen molar-refractivity contribution in [1.82, 2.24) is 5.32 Å². The normalized spacial score (nSPS) is 14.1. The van der Waals surface area contributed by atoms with Crippen LogP contribution in [0, 0.1) is 5.92 Å². The number of nitrogens with one attached hydrogen (secondary N) is 2. The predicted molar refractivity (Wildman–Crippen MR) is 83.6 cm³/mol. The maximum absolute atomic E-state index is 11.8. The molecule has 0 heterocycles. The van der Waals surface area contributed by atoms with Crippen LogP contribution in [0.25, 0.3) is 0 Å². The van der Waals surface area contributed by atoms with Crippen LogP contribution in [0.4, 0.5) is 10.5 Å². The second-order valence-corrected chi connectivity index (χ2v) is 6.34. The Balaban J connectivity index is 2.61. The van der Waals surface area contributed by atoms with Crippen molar-refractivity contribution < 1.29 is 14.7 Å². The molecule has 1 rings (SSSR count). The first kappa shape index (κ1) is 17.0. The molecule has 0 saturated heterocycles. The largest absolute Gasteiger partial charge is 0.481 e. The van der Waals surface area contributed by atoms with Crippen LogP contribution in [0.1, 0.15) is 40.2 Å². The average Bonchev–Trinajstić information content (AvgIpc) is 2.36. The Hall–Kier alpha value is -2.04. The van der Waals surface area contributed by atoms with Gasteiger partial charge < -0.3 is 15.7 Å². The number of urea groups is 1. The quantitative estimate of drug-likeness (QED) is 0.797. The zero-order chi connectivity index (χ0) is 16.2. The van der Waals surface area contributed by atoms with Gasteiger partial charge in [-0.05, 0) is 37.0 Å². The van der Waals surface area contributed by atoms with Gasteiger partial charge in [-0.2, -0.15) is 0 Å². The molecule has 2 unspecified atom stereocenters. The molecule has 0 bridgehead atoms. The second kappa shape index (κ2) is 6.61. The summed E-state index contributed by atoms with van der Waals surface area (Å²) in [5.41, 5.74) is 1.92. The van der Waals surface area contributed by atoms with Gasteiger partial charge in [-0.15, -0.1) is 0 Å². The van der Waals surface area contributed by atoms with Crippen molar-refractivity contribution in [2.24, 2.45) is 5.92 Å². The number of hydrogen-bond acceptors (Lipinski definition) is 2. The Kier molecular flexibility index (Phi) is 5.35. The van der Waals surface area contributed by atoms with E-state index in [0.29, 0.717) is 5.69 Å². The number of rotatable bonds is 4. The molecule has 1 aromatic carbocycles. The highest BCUT2D eigenvalue weighted by Gasteiger charge is 2.21. The lowest BCUT2D eigenvalue weighted by Crippen LogP contribution is -2.42. The molecule has 5 nitrogen and oxygen atoms in total. The molecule has 21 heavy (non-hydrogen) atoms. The van der Waals surface area contributed by atoms with E-state index in [1.54, 1.807) is 13.8 Å². The highest BCUT2D eigenvalue weighted by atomic mass is 16.4. The van der Waals surface area contributed by atoms with Crippen molar-refractivity contribution in [2.45, 2.75) is 46.1 Å². The van der Waals surface area contributed by atoms with E-state index in [1.165, 1.54) is 5.56 Å². The molecule has 2 atom stereocenters. The van der Waals surface area contributed by atoms with Crippen LogP contribution in [0.2, 0.25) is 0 Å². The molecule has 0 aliphatic rings. The Bertz CT molecular complexity index is 503. The van der Waals surface area contributed by atoms with E-state index >= 15 is 0 Å². The van der Waals surface area contributed by atoms with Gasteiger partial charge in [0, 0.05) is 11.7 Å². The summed E-state index contributed by atoms with van der Waals surface area (Å²) in [7, 11) is 0. The van der Waals surface area contributed by atoms with Crippen LogP contribution in [0.15, 0.2) is 24.3 Å². The van der Waals surface area contributed by atoms with Gasteiger partial charge in [0.05, 0.1) is 5.92 Å². The van der Waals surface area contributed by atoms with Gasteiger partial charge in [0.2, 0.25) is 0 Å². The van der Waals surface area contributed by atoms with Gasteiger partial charge in [-0.3, -0.25) is 4.79 Å². The lowest BCUT2D eigenvalue weighted by Gasteiger charge is -2.20. The van der Waals surface area contributed by atoms with E-state index in [4.69, 9.17) is 5.11 Å². The minimum absolute atomic E-state index is 0.0617. The first-order chi connectivity index (χ1) is 9.61. The summed E-state index contributed by atoms with van der Waals surface area (Å²) < 4.78 is 0. The molecule has 0 radical (unpaired) electrons. The molecule has 2 amide bonds. The van der Waals surface area contributed by atoms with Crippen LogP contribution in [-0.2, 0) is 10.2 Å². The first-order valence-electron chi connectivity index (χ1n) is 7.02. The van der Waals surface area contributed by atoms with E-state index in [1.807, 2.05) is 24.3 Å². The minimum Gasteiger partial charge on any atom is -0.481 e. The summed E-state index contributed by atoms with van der Waals surface area (Å²) in [5, 5.41) is 14.2. The summed E-state index contributed by atoms with van der Waals surface area (Å²) in [5.74, 6) is -1.57. The van der Waals surface area contributed by atoms with Crippen molar-refractivity contribution in [3.05, 3.63) is 29.8 Å². The maximum Gasteiger partial charge on any atom is 0.319 e. The third-order valence-electron chi connectivity index (χ3n) is 3.51. The summed E-state index contributed by atoms with van der Waals surface area (Å²) in [6.45, 7) is 9.60. The number of carboxylic acid groups (broad SMARTS) is 1. The molecule has 0 aliphatic carbocycles. The number of amides is 2. The van der Waals surface area contributed by atoms with E-state index in [9.17, 15) is 9.59 Å². The van der Waals surface area contributed by atoms with Gasteiger partial charge in [0.25, 0.3) is 0 Å². The molecule has 0 spiro atoms. The summed E-state index contributed by atoms with van der Waals surface area (Å²) in [6.07, 6.45) is 0. The van der Waals surface area contributed by atoms with Crippen molar-refractivity contribution in [3.63, 3.8) is 0 Å². The van der Waals surface area contributed by atoms with Gasteiger partial charge in [0.15, 0.2) is 0 Å². The zero-order valence-electron chi connectivity index (χ0n) is 13.2. The molecule has 1 aromatic rings. The summed E-state index contributed by atoms with van der Waals surface area (Å²) in [4.78, 5) is 22.7. The fourth-order valence-electron chi connectivity index (χ4n) is 1.77. The number of carbonyl (C=O) groups excluding carboxylic acids is 1. The summed E-state index contributed by atoms with van der Waals surface area (Å²) >= 11 is 0. The average molecular weight is 292 g/mol. The number of anilines is 1. The van der Waals surface area contributed by atoms with E-state index in [2.05, 4.69) is 31.4 Å². The molecule has 0 saturated carbocycles. The lowest BCUT2D eigenvalue weighted by molar-refractivity contribution is -0.141. The monoisotopic (exact) mass is 292 g/mol. The lowest BCUT2D eigenvalue weighted by atomic mass is 9.87. The van der Waals surface area contributed by atoms with Crippen molar-refractivity contribution in [3.8, 4) is 0 Å². The molecule has 116 valence electrons. The van der Waals surface area contributed by atoms with Crippen molar-refractivity contribution in [1.29, 1.82) is 0 Å². The number of aliphatic carboxylic acids is 1. The van der Waals surface area contributed by atoms with Gasteiger partial charge >= 0.3 is 12.0 Å². The fourth-order valence-corrected chi connectivity index (χ4v) is 1.77. The van der Waals surface area contributed by atoms with Gasteiger partial charge in [0.1, 0.15) is 0 Å². The molecular formula is C16H24N2O3. The topological polar surface area (TPSA) is 78.4 Å². The van der Waals surface area contributed by atoms with Crippen LogP contribution >= 0.6 is 0 Å². The number of benzene rings is 1. The number of hydrogen-bond donors (Lipinski definition) is 3. The molecule has 0 aromatic heterocycles. The zero-order valence-corrected chi connectivity index (χ0v) is 13.2. The van der Waals surface area contributed by atoms with E-state index in [0.717, 1.165) is 0 Å². The highest BCUT2D eigenvalue weighted by Crippen LogP contribution is 2.23. The minimum atomic E-state index is -0.933. The Morgan fingerprint density at radius 3 is 2.05 bits per heavy atom. The predicted octanol–water partition coefficient (Wildman–Crippen LogP) is 3.21. The standard InChI is InChI=1S/C16H24N2O3/c1-10(14(19)20)11(2)17-15(21)18-13-8-6-12(7-9-13)16(3,4)5/h6-11H,1-5H3,(H,19,20)(H2,17,18,21). The Labute approximate surface area is 125 Å². The molecule has 5 heteroatoms. The Morgan fingerprint density at radius 1 is 1.10 bits per heavy atom. The smallest absolute Gasteiger partial charge is 0.319 e. The second-order valence-electron chi connectivity index (χ2n) is 6.34. The van der Waals surface area contributed by atoms with Crippen LogP contribution in [-0.4, -0.2) is 23.1 Å². The third-order valence-corrected chi connectivity index (χ3v) is 3.51. The van der Waals surface area contributed by atoms with Gasteiger partial charge in [-0.25, -0.2) is 4.79 Å². The van der Waals surface area contributed by atoms with Crippen LogP contribution in [0.5, 0.6) is 0 Å². The number of carboxylic acids is 1. The maximum atomic E-state index is 11.8.